The van der Waals surface area contributed by atoms with E-state index in [2.05, 4.69) is 73.6 Å². The molecule has 2 aromatic carbocycles. The number of methoxy groups -OCH3 is 1. The molecular weight excluding hydrogens is 442 g/mol. The van der Waals surface area contributed by atoms with Crippen LogP contribution in [0.1, 0.15) is 29.9 Å². The second-order valence-corrected chi connectivity index (χ2v) is 8.84. The zero-order valence-corrected chi connectivity index (χ0v) is 20.2. The molecule has 0 spiro atoms. The molecular formula is C26H31N7O2. The molecule has 0 amide bonds. The van der Waals surface area contributed by atoms with E-state index in [9.17, 15) is 4.79 Å². The van der Waals surface area contributed by atoms with Crippen molar-refractivity contribution in [2.24, 2.45) is 0 Å². The van der Waals surface area contributed by atoms with Crippen LogP contribution in [0.5, 0.6) is 0 Å². The standard InChI is InChI=1S/C26H31N7O2/c1-3-19-9-10-23-20(17-19)18-22(26(34)27-23)24(25-28-29-30-33(25)15-16-35-2)32-13-11-31(12-14-32)21-7-5-4-6-8-21/h4-10,17-18,24H,3,11-16H2,1-2H3,(H,27,34)/t24-/m0/s1. The number of aromatic amines is 1. The van der Waals surface area contributed by atoms with Crippen molar-refractivity contribution in [2.45, 2.75) is 25.9 Å². The number of H-pyrrole nitrogens is 1. The Bertz CT molecular complexity index is 1330. The first-order chi connectivity index (χ1) is 17.2. The summed E-state index contributed by atoms with van der Waals surface area (Å²) in [6.07, 6.45) is 0.935. The number of aromatic nitrogens is 5. The SMILES string of the molecule is CCc1ccc2[nH]c(=O)c([C@@H](c3nnnn3CCOC)N3CCN(c4ccccc4)CC3)cc2c1. The fourth-order valence-corrected chi connectivity index (χ4v) is 4.82. The van der Waals surface area contributed by atoms with Crippen LogP contribution in [0.25, 0.3) is 10.9 Å². The van der Waals surface area contributed by atoms with Crippen LogP contribution in [0.2, 0.25) is 0 Å². The van der Waals surface area contributed by atoms with E-state index in [1.54, 1.807) is 11.8 Å². The largest absolute Gasteiger partial charge is 0.383 e. The van der Waals surface area contributed by atoms with E-state index in [1.807, 2.05) is 18.2 Å². The number of tetrazole rings is 1. The number of nitrogens with zero attached hydrogens (tertiary/aromatic N) is 6. The van der Waals surface area contributed by atoms with Crippen LogP contribution in [0.4, 0.5) is 5.69 Å². The second-order valence-electron chi connectivity index (χ2n) is 8.84. The molecule has 0 saturated carbocycles. The van der Waals surface area contributed by atoms with Gasteiger partial charge < -0.3 is 14.6 Å². The summed E-state index contributed by atoms with van der Waals surface area (Å²) in [7, 11) is 1.66. The van der Waals surface area contributed by atoms with Gasteiger partial charge in [0.25, 0.3) is 5.56 Å². The summed E-state index contributed by atoms with van der Waals surface area (Å²) in [6.45, 7) is 6.40. The van der Waals surface area contributed by atoms with E-state index in [0.717, 1.165) is 43.5 Å². The first-order valence-electron chi connectivity index (χ1n) is 12.1. The van der Waals surface area contributed by atoms with Gasteiger partial charge in [-0.3, -0.25) is 9.69 Å². The molecule has 5 rings (SSSR count). The van der Waals surface area contributed by atoms with Crippen molar-refractivity contribution in [3.8, 4) is 0 Å². The lowest BCUT2D eigenvalue weighted by Crippen LogP contribution is -2.49. The van der Waals surface area contributed by atoms with E-state index in [-0.39, 0.29) is 11.6 Å². The number of rotatable bonds is 8. The molecule has 0 unspecified atom stereocenters. The number of para-hydroxylation sites is 1. The molecule has 0 aliphatic carbocycles. The van der Waals surface area contributed by atoms with Crippen molar-refractivity contribution >= 4 is 16.6 Å². The highest BCUT2D eigenvalue weighted by molar-refractivity contribution is 5.80. The summed E-state index contributed by atoms with van der Waals surface area (Å²) in [4.78, 5) is 21.2. The first kappa shape index (κ1) is 23.2. The maximum Gasteiger partial charge on any atom is 0.253 e. The Morgan fingerprint density at radius 3 is 2.60 bits per heavy atom. The molecule has 1 N–H and O–H groups in total. The Morgan fingerprint density at radius 2 is 1.86 bits per heavy atom. The second kappa shape index (κ2) is 10.4. The topological polar surface area (TPSA) is 92.2 Å². The average Bonchev–Trinajstić information content (AvgIpc) is 3.36. The van der Waals surface area contributed by atoms with E-state index >= 15 is 0 Å². The van der Waals surface area contributed by atoms with Gasteiger partial charge in [-0.1, -0.05) is 31.2 Å². The normalized spacial score (nSPS) is 15.5. The number of fused-ring (bicyclic) bond motifs is 1. The van der Waals surface area contributed by atoms with E-state index in [1.165, 1.54) is 11.3 Å². The van der Waals surface area contributed by atoms with Gasteiger partial charge in [0.05, 0.1) is 13.2 Å². The molecule has 2 aromatic heterocycles. The van der Waals surface area contributed by atoms with Crippen LogP contribution in [0, 0.1) is 0 Å². The number of pyridine rings is 1. The van der Waals surface area contributed by atoms with Gasteiger partial charge in [-0.15, -0.1) is 5.10 Å². The minimum Gasteiger partial charge on any atom is -0.383 e. The van der Waals surface area contributed by atoms with Crippen LogP contribution < -0.4 is 10.5 Å². The van der Waals surface area contributed by atoms with Crippen molar-refractivity contribution in [3.05, 3.63) is 81.9 Å². The lowest BCUT2D eigenvalue weighted by Gasteiger charge is -2.39. The maximum atomic E-state index is 13.4. The van der Waals surface area contributed by atoms with Crippen LogP contribution in [-0.2, 0) is 17.7 Å². The number of anilines is 1. The molecule has 182 valence electrons. The molecule has 1 aliphatic rings. The smallest absolute Gasteiger partial charge is 0.253 e. The van der Waals surface area contributed by atoms with Gasteiger partial charge in [-0.05, 0) is 58.1 Å². The highest BCUT2D eigenvalue weighted by Crippen LogP contribution is 2.29. The molecule has 3 heterocycles. The summed E-state index contributed by atoms with van der Waals surface area (Å²) < 4.78 is 7.02. The van der Waals surface area contributed by atoms with Gasteiger partial charge in [0.15, 0.2) is 5.82 Å². The quantitative estimate of drug-likeness (QED) is 0.421. The Labute approximate surface area is 204 Å². The monoisotopic (exact) mass is 473 g/mol. The molecule has 35 heavy (non-hydrogen) atoms. The highest BCUT2D eigenvalue weighted by Gasteiger charge is 2.32. The molecule has 0 bridgehead atoms. The van der Waals surface area contributed by atoms with Crippen molar-refractivity contribution in [3.63, 3.8) is 0 Å². The van der Waals surface area contributed by atoms with Crippen molar-refractivity contribution < 1.29 is 4.74 Å². The van der Waals surface area contributed by atoms with Crippen LogP contribution in [0.3, 0.4) is 0 Å². The Hall–Kier alpha value is -3.56. The minimum atomic E-state index is -0.363. The predicted octanol–water partition coefficient (Wildman–Crippen LogP) is 2.63. The summed E-state index contributed by atoms with van der Waals surface area (Å²) in [5.41, 5.74) is 3.83. The molecule has 4 aromatic rings. The number of aryl methyl sites for hydroxylation is 1. The third-order valence-electron chi connectivity index (χ3n) is 6.75. The molecule has 1 atom stereocenters. The van der Waals surface area contributed by atoms with Gasteiger partial charge in [-0.25, -0.2) is 4.68 Å². The van der Waals surface area contributed by atoms with E-state index in [0.29, 0.717) is 24.5 Å². The lowest BCUT2D eigenvalue weighted by atomic mass is 10.0. The Morgan fingerprint density at radius 1 is 1.06 bits per heavy atom. The van der Waals surface area contributed by atoms with Gasteiger partial charge >= 0.3 is 0 Å². The predicted molar refractivity (Wildman–Crippen MR) is 136 cm³/mol. The Balaban J connectivity index is 1.53. The highest BCUT2D eigenvalue weighted by atomic mass is 16.5. The number of hydrogen-bond acceptors (Lipinski definition) is 7. The van der Waals surface area contributed by atoms with Crippen molar-refractivity contribution in [1.29, 1.82) is 0 Å². The fourth-order valence-electron chi connectivity index (χ4n) is 4.82. The van der Waals surface area contributed by atoms with Gasteiger partial charge in [0.1, 0.15) is 6.04 Å². The molecule has 1 saturated heterocycles. The molecule has 0 radical (unpaired) electrons. The Kier molecular flexibility index (Phi) is 6.87. The lowest BCUT2D eigenvalue weighted by molar-refractivity contribution is 0.171. The van der Waals surface area contributed by atoms with E-state index < -0.39 is 0 Å². The molecule has 1 fully saturated rings. The number of benzene rings is 2. The molecule has 9 nitrogen and oxygen atoms in total. The van der Waals surface area contributed by atoms with Crippen LogP contribution in [-0.4, -0.2) is 70.0 Å². The van der Waals surface area contributed by atoms with Gasteiger partial charge in [0.2, 0.25) is 0 Å². The average molecular weight is 474 g/mol. The van der Waals surface area contributed by atoms with Crippen molar-refractivity contribution in [1.82, 2.24) is 30.1 Å². The van der Waals surface area contributed by atoms with Gasteiger partial charge in [0, 0.05) is 50.1 Å². The third-order valence-corrected chi connectivity index (χ3v) is 6.75. The molecule has 9 heteroatoms. The zero-order valence-electron chi connectivity index (χ0n) is 20.2. The zero-order chi connectivity index (χ0) is 24.2. The number of hydrogen-bond donors (Lipinski definition) is 1. The first-order valence-corrected chi connectivity index (χ1v) is 12.1. The van der Waals surface area contributed by atoms with Crippen molar-refractivity contribution in [2.75, 3.05) is 44.8 Å². The molecule has 1 aliphatic heterocycles. The summed E-state index contributed by atoms with van der Waals surface area (Å²) in [5.74, 6) is 0.659. The summed E-state index contributed by atoms with van der Waals surface area (Å²) in [6, 6.07) is 18.3. The van der Waals surface area contributed by atoms with Crippen LogP contribution >= 0.6 is 0 Å². The summed E-state index contributed by atoms with van der Waals surface area (Å²) >= 11 is 0. The van der Waals surface area contributed by atoms with Gasteiger partial charge in [-0.2, -0.15) is 0 Å². The van der Waals surface area contributed by atoms with E-state index in [4.69, 9.17) is 4.74 Å². The minimum absolute atomic E-state index is 0.112. The third kappa shape index (κ3) is 4.82. The van der Waals surface area contributed by atoms with Crippen LogP contribution in [0.15, 0.2) is 59.4 Å². The fraction of sp³-hybridized carbons (Fsp3) is 0.385. The maximum absolute atomic E-state index is 13.4. The number of nitrogens with one attached hydrogen (secondary N) is 1. The summed E-state index contributed by atoms with van der Waals surface area (Å²) in [5, 5.41) is 13.6. The number of ether oxygens (including phenoxy) is 1. The number of piperazine rings is 1.